The van der Waals surface area contributed by atoms with Gasteiger partial charge in [-0.1, -0.05) is 0 Å². The Balaban J connectivity index is 1.70. The second kappa shape index (κ2) is 8.37. The molecule has 1 aliphatic heterocycles. The second-order valence-electron chi connectivity index (χ2n) is 5.14. The normalized spacial score (nSPS) is 16.5. The van der Waals surface area contributed by atoms with Crippen LogP contribution in [0.25, 0.3) is 0 Å². The molecule has 1 aromatic rings. The summed E-state index contributed by atoms with van der Waals surface area (Å²) in [6.45, 7) is 6.46. The largest absolute Gasteiger partial charge is 0.481 e. The van der Waals surface area contributed by atoms with Gasteiger partial charge in [0.1, 0.15) is 5.75 Å². The van der Waals surface area contributed by atoms with Gasteiger partial charge in [-0.2, -0.15) is 5.26 Å². The maximum Gasteiger partial charge on any atom is 0.260 e. The maximum atomic E-state index is 12.0. The van der Waals surface area contributed by atoms with Crippen LogP contribution in [0.5, 0.6) is 5.75 Å². The number of hydrogen-bond acceptors (Lipinski definition) is 5. The third-order valence-electron chi connectivity index (χ3n) is 3.50. The third-order valence-corrected chi connectivity index (χ3v) is 3.50. The Morgan fingerprint density at radius 1 is 1.41 bits per heavy atom. The first-order valence-corrected chi connectivity index (χ1v) is 7.43. The molecule has 1 unspecified atom stereocenters. The number of carbonyl (C=O) groups excluding carboxylic acids is 1. The zero-order valence-electron chi connectivity index (χ0n) is 12.7. The Hall–Kier alpha value is -2.10. The van der Waals surface area contributed by atoms with Crippen molar-refractivity contribution in [1.29, 1.82) is 5.26 Å². The van der Waals surface area contributed by atoms with Crippen LogP contribution in [0.4, 0.5) is 0 Å². The zero-order valence-corrected chi connectivity index (χ0v) is 12.7. The van der Waals surface area contributed by atoms with E-state index in [9.17, 15) is 4.79 Å². The van der Waals surface area contributed by atoms with Crippen molar-refractivity contribution in [2.75, 3.05) is 39.4 Å². The number of amides is 1. The van der Waals surface area contributed by atoms with E-state index < -0.39 is 6.10 Å². The van der Waals surface area contributed by atoms with Crippen LogP contribution in [-0.4, -0.2) is 56.3 Å². The van der Waals surface area contributed by atoms with E-state index in [4.69, 9.17) is 14.7 Å². The molecule has 1 aromatic carbocycles. The van der Waals surface area contributed by atoms with Crippen LogP contribution >= 0.6 is 0 Å². The predicted octanol–water partition coefficient (Wildman–Crippen LogP) is 0.774. The zero-order chi connectivity index (χ0) is 15.8. The molecule has 0 aliphatic carbocycles. The van der Waals surface area contributed by atoms with Crippen molar-refractivity contribution in [2.45, 2.75) is 13.0 Å². The first-order chi connectivity index (χ1) is 10.7. The van der Waals surface area contributed by atoms with Crippen molar-refractivity contribution in [2.24, 2.45) is 0 Å². The van der Waals surface area contributed by atoms with Gasteiger partial charge >= 0.3 is 0 Å². The van der Waals surface area contributed by atoms with E-state index in [1.54, 1.807) is 31.2 Å². The average molecular weight is 303 g/mol. The SMILES string of the molecule is CC(Oc1ccc(C#N)cc1)C(=O)NCCN1CCOCC1. The highest BCUT2D eigenvalue weighted by molar-refractivity contribution is 5.80. The van der Waals surface area contributed by atoms with Gasteiger partial charge in [0.25, 0.3) is 5.91 Å². The molecular formula is C16H21N3O3. The third kappa shape index (κ3) is 5.02. The number of hydrogen-bond donors (Lipinski definition) is 1. The highest BCUT2D eigenvalue weighted by atomic mass is 16.5. The fourth-order valence-corrected chi connectivity index (χ4v) is 2.17. The summed E-state index contributed by atoms with van der Waals surface area (Å²) in [5, 5.41) is 11.6. The first kappa shape index (κ1) is 16.3. The minimum Gasteiger partial charge on any atom is -0.481 e. The lowest BCUT2D eigenvalue weighted by Crippen LogP contribution is -2.43. The number of nitrogens with zero attached hydrogens (tertiary/aromatic N) is 2. The van der Waals surface area contributed by atoms with Crippen LogP contribution in [0.2, 0.25) is 0 Å². The smallest absolute Gasteiger partial charge is 0.260 e. The molecule has 1 saturated heterocycles. The quantitative estimate of drug-likeness (QED) is 0.840. The number of rotatable bonds is 6. The van der Waals surface area contributed by atoms with Crippen molar-refractivity contribution in [3.8, 4) is 11.8 Å². The monoisotopic (exact) mass is 303 g/mol. The number of nitriles is 1. The number of morpholine rings is 1. The molecule has 0 spiro atoms. The average Bonchev–Trinajstić information content (AvgIpc) is 2.56. The van der Waals surface area contributed by atoms with Gasteiger partial charge in [-0.05, 0) is 31.2 Å². The summed E-state index contributed by atoms with van der Waals surface area (Å²) in [6, 6.07) is 8.75. The fraction of sp³-hybridized carbons (Fsp3) is 0.500. The lowest BCUT2D eigenvalue weighted by Gasteiger charge is -2.26. The van der Waals surface area contributed by atoms with Crippen LogP contribution in [0, 0.1) is 11.3 Å². The van der Waals surface area contributed by atoms with Gasteiger partial charge < -0.3 is 14.8 Å². The van der Waals surface area contributed by atoms with E-state index in [0.717, 1.165) is 32.8 Å². The minimum atomic E-state index is -0.572. The van der Waals surface area contributed by atoms with E-state index in [1.807, 2.05) is 6.07 Å². The van der Waals surface area contributed by atoms with Crippen LogP contribution in [-0.2, 0) is 9.53 Å². The summed E-state index contributed by atoms with van der Waals surface area (Å²) >= 11 is 0. The van der Waals surface area contributed by atoms with Crippen LogP contribution in [0.15, 0.2) is 24.3 Å². The molecule has 6 nitrogen and oxygen atoms in total. The molecule has 22 heavy (non-hydrogen) atoms. The molecule has 1 N–H and O–H groups in total. The number of ether oxygens (including phenoxy) is 2. The highest BCUT2D eigenvalue weighted by Gasteiger charge is 2.15. The van der Waals surface area contributed by atoms with Gasteiger partial charge in [0.05, 0.1) is 24.8 Å². The Labute approximate surface area is 130 Å². The van der Waals surface area contributed by atoms with Gasteiger partial charge in [0.2, 0.25) is 0 Å². The molecule has 1 aliphatic rings. The molecule has 1 heterocycles. The molecule has 2 rings (SSSR count). The molecule has 0 radical (unpaired) electrons. The topological polar surface area (TPSA) is 74.6 Å². The fourth-order valence-electron chi connectivity index (χ4n) is 2.17. The molecule has 1 atom stereocenters. The molecular weight excluding hydrogens is 282 g/mol. The highest BCUT2D eigenvalue weighted by Crippen LogP contribution is 2.13. The summed E-state index contributed by atoms with van der Waals surface area (Å²) < 4.78 is 10.8. The Bertz CT molecular complexity index is 518. The maximum absolute atomic E-state index is 12.0. The van der Waals surface area contributed by atoms with Gasteiger partial charge in [0.15, 0.2) is 6.10 Å². The van der Waals surface area contributed by atoms with E-state index in [2.05, 4.69) is 10.2 Å². The van der Waals surface area contributed by atoms with E-state index >= 15 is 0 Å². The van der Waals surface area contributed by atoms with E-state index in [0.29, 0.717) is 17.9 Å². The lowest BCUT2D eigenvalue weighted by molar-refractivity contribution is -0.127. The molecule has 6 heteroatoms. The Morgan fingerprint density at radius 2 is 2.09 bits per heavy atom. The van der Waals surface area contributed by atoms with Gasteiger partial charge in [-0.15, -0.1) is 0 Å². The van der Waals surface area contributed by atoms with E-state index in [-0.39, 0.29) is 5.91 Å². The molecule has 1 fully saturated rings. The molecule has 0 saturated carbocycles. The molecule has 118 valence electrons. The lowest BCUT2D eigenvalue weighted by atomic mass is 10.2. The first-order valence-electron chi connectivity index (χ1n) is 7.43. The summed E-state index contributed by atoms with van der Waals surface area (Å²) in [5.41, 5.74) is 0.565. The Morgan fingerprint density at radius 3 is 2.73 bits per heavy atom. The standard InChI is InChI=1S/C16H21N3O3/c1-13(22-15-4-2-14(12-17)3-5-15)16(20)18-6-7-19-8-10-21-11-9-19/h2-5,13H,6-11H2,1H3,(H,18,20). The van der Waals surface area contributed by atoms with Crippen LogP contribution in [0.3, 0.4) is 0 Å². The van der Waals surface area contributed by atoms with Crippen molar-refractivity contribution in [1.82, 2.24) is 10.2 Å². The summed E-state index contributed by atoms with van der Waals surface area (Å²) in [6.07, 6.45) is -0.572. The number of carbonyl (C=O) groups is 1. The molecule has 0 bridgehead atoms. The second-order valence-corrected chi connectivity index (χ2v) is 5.14. The summed E-state index contributed by atoms with van der Waals surface area (Å²) in [5.74, 6) is 0.437. The van der Waals surface area contributed by atoms with Gasteiger partial charge in [-0.3, -0.25) is 9.69 Å². The summed E-state index contributed by atoms with van der Waals surface area (Å²) in [4.78, 5) is 14.2. The minimum absolute atomic E-state index is 0.141. The van der Waals surface area contributed by atoms with Crippen molar-refractivity contribution in [3.05, 3.63) is 29.8 Å². The van der Waals surface area contributed by atoms with Crippen LogP contribution < -0.4 is 10.1 Å². The predicted molar refractivity (Wildman–Crippen MR) is 81.5 cm³/mol. The molecule has 0 aromatic heterocycles. The van der Waals surface area contributed by atoms with Gasteiger partial charge in [-0.25, -0.2) is 0 Å². The van der Waals surface area contributed by atoms with Crippen molar-refractivity contribution < 1.29 is 14.3 Å². The number of benzene rings is 1. The summed E-state index contributed by atoms with van der Waals surface area (Å²) in [7, 11) is 0. The number of nitrogens with one attached hydrogen (secondary N) is 1. The van der Waals surface area contributed by atoms with Gasteiger partial charge in [0, 0.05) is 26.2 Å². The van der Waals surface area contributed by atoms with Crippen molar-refractivity contribution >= 4 is 5.91 Å². The molecule has 1 amide bonds. The van der Waals surface area contributed by atoms with Crippen molar-refractivity contribution in [3.63, 3.8) is 0 Å². The van der Waals surface area contributed by atoms with Crippen LogP contribution in [0.1, 0.15) is 12.5 Å². The Kier molecular flexibility index (Phi) is 6.19. The van der Waals surface area contributed by atoms with E-state index in [1.165, 1.54) is 0 Å².